The Morgan fingerprint density at radius 2 is 2.06 bits per heavy atom. The minimum atomic E-state index is 0.533. The molecule has 0 amide bonds. The molecule has 2 aromatic rings. The number of para-hydroxylation sites is 1. The fourth-order valence-corrected chi connectivity index (χ4v) is 1.87. The summed E-state index contributed by atoms with van der Waals surface area (Å²) in [6, 6.07) is 9.62. The number of benzene rings is 1. The average Bonchev–Trinajstić information content (AvgIpc) is 2.39. The standard InChI is InChI=1S/C12H13N3OS/c1-13-11-7-12(15-8-14-11)16-9-5-3-4-6-10(9)17-2/h3-8H,1-2H3,(H,13,14,15). The highest BCUT2D eigenvalue weighted by Crippen LogP contribution is 2.30. The first-order valence-electron chi connectivity index (χ1n) is 5.14. The Balaban J connectivity index is 2.24. The summed E-state index contributed by atoms with van der Waals surface area (Å²) in [5.74, 6) is 2.07. The van der Waals surface area contributed by atoms with Gasteiger partial charge in [-0.15, -0.1) is 11.8 Å². The fourth-order valence-electron chi connectivity index (χ4n) is 1.35. The van der Waals surface area contributed by atoms with E-state index in [-0.39, 0.29) is 0 Å². The summed E-state index contributed by atoms with van der Waals surface area (Å²) in [6.45, 7) is 0. The minimum absolute atomic E-state index is 0.533. The van der Waals surface area contributed by atoms with E-state index in [0.29, 0.717) is 5.88 Å². The van der Waals surface area contributed by atoms with Crippen LogP contribution in [0.5, 0.6) is 11.6 Å². The van der Waals surface area contributed by atoms with Gasteiger partial charge in [0, 0.05) is 18.0 Å². The van der Waals surface area contributed by atoms with Crippen LogP contribution in [-0.4, -0.2) is 23.3 Å². The van der Waals surface area contributed by atoms with Gasteiger partial charge in [0.25, 0.3) is 0 Å². The third-order valence-corrected chi connectivity index (χ3v) is 2.96. The van der Waals surface area contributed by atoms with E-state index in [9.17, 15) is 0 Å². The summed E-state index contributed by atoms with van der Waals surface area (Å²) in [4.78, 5) is 9.19. The SMILES string of the molecule is CNc1cc(Oc2ccccc2SC)ncn1. The average molecular weight is 247 g/mol. The van der Waals surface area contributed by atoms with Gasteiger partial charge in [0.05, 0.1) is 0 Å². The molecule has 0 atom stereocenters. The van der Waals surface area contributed by atoms with Gasteiger partial charge in [-0.3, -0.25) is 0 Å². The van der Waals surface area contributed by atoms with Gasteiger partial charge >= 0.3 is 0 Å². The molecule has 0 saturated heterocycles. The zero-order chi connectivity index (χ0) is 12.1. The van der Waals surface area contributed by atoms with Gasteiger partial charge in [-0.2, -0.15) is 0 Å². The molecular formula is C12H13N3OS. The molecule has 0 unspecified atom stereocenters. The molecule has 1 aromatic carbocycles. The van der Waals surface area contributed by atoms with Crippen LogP contribution in [0.2, 0.25) is 0 Å². The molecule has 0 aliphatic carbocycles. The smallest absolute Gasteiger partial charge is 0.224 e. The molecular weight excluding hydrogens is 234 g/mol. The lowest BCUT2D eigenvalue weighted by Crippen LogP contribution is -1.95. The maximum absolute atomic E-state index is 5.73. The molecule has 5 heteroatoms. The van der Waals surface area contributed by atoms with Crippen LogP contribution in [0.25, 0.3) is 0 Å². The number of nitrogens with one attached hydrogen (secondary N) is 1. The van der Waals surface area contributed by atoms with E-state index in [1.165, 1.54) is 6.33 Å². The van der Waals surface area contributed by atoms with Crippen molar-refractivity contribution in [1.82, 2.24) is 9.97 Å². The molecule has 2 rings (SSSR count). The lowest BCUT2D eigenvalue weighted by molar-refractivity contribution is 0.451. The van der Waals surface area contributed by atoms with Crippen molar-refractivity contribution in [3.05, 3.63) is 36.7 Å². The predicted octanol–water partition coefficient (Wildman–Crippen LogP) is 3.03. The van der Waals surface area contributed by atoms with Gasteiger partial charge in [-0.1, -0.05) is 12.1 Å². The molecule has 4 nitrogen and oxygen atoms in total. The van der Waals surface area contributed by atoms with Gasteiger partial charge in [0.2, 0.25) is 5.88 Å². The van der Waals surface area contributed by atoms with E-state index in [1.807, 2.05) is 37.6 Å². The van der Waals surface area contributed by atoms with E-state index >= 15 is 0 Å². The minimum Gasteiger partial charge on any atom is -0.438 e. The topological polar surface area (TPSA) is 47.0 Å². The highest BCUT2D eigenvalue weighted by Gasteiger charge is 2.04. The maximum atomic E-state index is 5.73. The van der Waals surface area contributed by atoms with Crippen LogP contribution in [0.15, 0.2) is 41.6 Å². The molecule has 88 valence electrons. The highest BCUT2D eigenvalue weighted by molar-refractivity contribution is 7.98. The van der Waals surface area contributed by atoms with E-state index in [1.54, 1.807) is 17.8 Å². The summed E-state index contributed by atoms with van der Waals surface area (Å²) in [7, 11) is 1.81. The second-order valence-corrected chi connectivity index (χ2v) is 4.09. The number of nitrogens with zero attached hydrogens (tertiary/aromatic N) is 2. The van der Waals surface area contributed by atoms with Crippen LogP contribution in [0.1, 0.15) is 0 Å². The molecule has 0 bridgehead atoms. The third-order valence-electron chi connectivity index (χ3n) is 2.18. The van der Waals surface area contributed by atoms with Crippen LogP contribution in [0.3, 0.4) is 0 Å². The van der Waals surface area contributed by atoms with Crippen molar-refractivity contribution < 1.29 is 4.74 Å². The Hall–Kier alpha value is -1.75. The van der Waals surface area contributed by atoms with Gasteiger partial charge in [0.15, 0.2) is 0 Å². The Morgan fingerprint density at radius 1 is 1.24 bits per heavy atom. The van der Waals surface area contributed by atoms with E-state index in [0.717, 1.165) is 16.5 Å². The van der Waals surface area contributed by atoms with Crippen molar-refractivity contribution in [3.8, 4) is 11.6 Å². The van der Waals surface area contributed by atoms with Crippen molar-refractivity contribution in [1.29, 1.82) is 0 Å². The quantitative estimate of drug-likeness (QED) is 0.841. The number of aromatic nitrogens is 2. The van der Waals surface area contributed by atoms with Crippen LogP contribution in [0, 0.1) is 0 Å². The van der Waals surface area contributed by atoms with Crippen LogP contribution in [-0.2, 0) is 0 Å². The summed E-state index contributed by atoms with van der Waals surface area (Å²) < 4.78 is 5.73. The Bertz CT molecular complexity index is 505. The molecule has 1 N–H and O–H groups in total. The molecule has 0 fully saturated rings. The Kier molecular flexibility index (Phi) is 3.82. The number of rotatable bonds is 4. The van der Waals surface area contributed by atoms with Gasteiger partial charge < -0.3 is 10.1 Å². The predicted molar refractivity (Wildman–Crippen MR) is 69.9 cm³/mol. The molecule has 1 aromatic heterocycles. The molecule has 0 aliphatic rings. The Labute approximate surface area is 104 Å². The molecule has 0 spiro atoms. The fraction of sp³-hybridized carbons (Fsp3) is 0.167. The first-order valence-corrected chi connectivity index (χ1v) is 6.36. The van der Waals surface area contributed by atoms with E-state index in [2.05, 4.69) is 15.3 Å². The first-order chi connectivity index (χ1) is 8.33. The van der Waals surface area contributed by atoms with Gasteiger partial charge in [-0.25, -0.2) is 9.97 Å². The lowest BCUT2D eigenvalue weighted by Gasteiger charge is -2.08. The van der Waals surface area contributed by atoms with Crippen molar-refractivity contribution in [2.24, 2.45) is 0 Å². The summed E-state index contributed by atoms with van der Waals surface area (Å²) >= 11 is 1.64. The number of hydrogen-bond donors (Lipinski definition) is 1. The molecule has 0 aliphatic heterocycles. The van der Waals surface area contributed by atoms with Crippen molar-refractivity contribution in [2.75, 3.05) is 18.6 Å². The Morgan fingerprint density at radius 3 is 2.82 bits per heavy atom. The van der Waals surface area contributed by atoms with Crippen LogP contribution in [0.4, 0.5) is 5.82 Å². The van der Waals surface area contributed by atoms with Crippen molar-refractivity contribution in [3.63, 3.8) is 0 Å². The van der Waals surface area contributed by atoms with Gasteiger partial charge in [0.1, 0.15) is 17.9 Å². The second-order valence-electron chi connectivity index (χ2n) is 3.24. The molecule has 1 heterocycles. The maximum Gasteiger partial charge on any atom is 0.224 e. The molecule has 17 heavy (non-hydrogen) atoms. The number of hydrogen-bond acceptors (Lipinski definition) is 5. The molecule has 0 radical (unpaired) electrons. The summed E-state index contributed by atoms with van der Waals surface area (Å²) in [6.07, 6.45) is 3.49. The number of ether oxygens (including phenoxy) is 1. The monoisotopic (exact) mass is 247 g/mol. The highest BCUT2D eigenvalue weighted by atomic mass is 32.2. The van der Waals surface area contributed by atoms with Crippen LogP contribution >= 0.6 is 11.8 Å². The van der Waals surface area contributed by atoms with Crippen LogP contribution < -0.4 is 10.1 Å². The third kappa shape index (κ3) is 2.88. The largest absolute Gasteiger partial charge is 0.438 e. The van der Waals surface area contributed by atoms with E-state index < -0.39 is 0 Å². The summed E-state index contributed by atoms with van der Waals surface area (Å²) in [5.41, 5.74) is 0. The van der Waals surface area contributed by atoms with Crippen molar-refractivity contribution in [2.45, 2.75) is 4.90 Å². The lowest BCUT2D eigenvalue weighted by atomic mass is 10.3. The van der Waals surface area contributed by atoms with E-state index in [4.69, 9.17) is 4.74 Å². The number of anilines is 1. The normalized spacial score (nSPS) is 10.0. The van der Waals surface area contributed by atoms with Gasteiger partial charge in [-0.05, 0) is 18.4 Å². The molecule has 0 saturated carbocycles. The zero-order valence-electron chi connectivity index (χ0n) is 9.68. The first kappa shape index (κ1) is 11.7. The summed E-state index contributed by atoms with van der Waals surface area (Å²) in [5, 5.41) is 2.95. The number of thioether (sulfide) groups is 1. The zero-order valence-corrected chi connectivity index (χ0v) is 10.5. The van der Waals surface area contributed by atoms with Crippen molar-refractivity contribution >= 4 is 17.6 Å². The second kappa shape index (κ2) is 5.54.